The average Bonchev–Trinajstić information content (AvgIpc) is 2.55. The highest BCUT2D eigenvalue weighted by atomic mass is 32.2. The fourth-order valence-electron chi connectivity index (χ4n) is 1.72. The molecule has 1 rings (SSSR count). The van der Waals surface area contributed by atoms with Gasteiger partial charge in [-0.05, 0) is 42.7 Å². The molecule has 0 fully saturated rings. The minimum absolute atomic E-state index is 0.0492. The number of carbonyl (C=O) groups is 1. The van der Waals surface area contributed by atoms with Crippen LogP contribution >= 0.6 is 11.8 Å². The molecule has 136 valence electrons. The lowest BCUT2D eigenvalue weighted by Gasteiger charge is -2.16. The van der Waals surface area contributed by atoms with Crippen LogP contribution in [-0.4, -0.2) is 48.3 Å². The lowest BCUT2D eigenvalue weighted by molar-refractivity contribution is -0.137. The Morgan fingerprint density at radius 2 is 2.00 bits per heavy atom. The van der Waals surface area contributed by atoms with Crippen molar-refractivity contribution in [3.05, 3.63) is 29.8 Å². The van der Waals surface area contributed by atoms with E-state index in [1.165, 1.54) is 12.1 Å². The number of thioether (sulfide) groups is 1. The number of amides is 1. The molecule has 5 nitrogen and oxygen atoms in total. The summed E-state index contributed by atoms with van der Waals surface area (Å²) in [5.41, 5.74) is 4.90. The number of aliphatic hydroxyl groups is 1. The van der Waals surface area contributed by atoms with Crippen LogP contribution < -0.4 is 15.8 Å². The molecular formula is C15H21F3N2O3S. The first-order chi connectivity index (χ1) is 11.2. The van der Waals surface area contributed by atoms with Gasteiger partial charge in [0.25, 0.3) is 0 Å². The number of carbonyl (C=O) groups excluding carboxylic acids is 1. The van der Waals surface area contributed by atoms with Crippen LogP contribution in [0, 0.1) is 0 Å². The Morgan fingerprint density at radius 1 is 1.38 bits per heavy atom. The molecule has 0 aliphatic carbocycles. The van der Waals surface area contributed by atoms with Gasteiger partial charge in [-0.2, -0.15) is 24.9 Å². The van der Waals surface area contributed by atoms with Crippen molar-refractivity contribution in [3.8, 4) is 5.75 Å². The van der Waals surface area contributed by atoms with E-state index in [4.69, 9.17) is 10.5 Å². The quantitative estimate of drug-likeness (QED) is 0.619. The molecule has 0 spiro atoms. The first-order valence-corrected chi connectivity index (χ1v) is 8.63. The first kappa shape index (κ1) is 20.6. The van der Waals surface area contributed by atoms with Gasteiger partial charge in [0.2, 0.25) is 5.91 Å². The molecule has 1 aromatic rings. The maximum absolute atomic E-state index is 12.4. The van der Waals surface area contributed by atoms with Crippen LogP contribution in [-0.2, 0) is 11.0 Å². The highest BCUT2D eigenvalue weighted by molar-refractivity contribution is 7.98. The van der Waals surface area contributed by atoms with E-state index in [-0.39, 0.29) is 24.8 Å². The lowest BCUT2D eigenvalue weighted by atomic mass is 10.2. The molecule has 4 N–H and O–H groups in total. The maximum atomic E-state index is 12.4. The number of nitrogens with one attached hydrogen (secondary N) is 1. The second-order valence-electron chi connectivity index (χ2n) is 5.12. The van der Waals surface area contributed by atoms with Gasteiger partial charge in [0.05, 0.1) is 11.6 Å². The molecule has 0 aromatic heterocycles. The summed E-state index contributed by atoms with van der Waals surface area (Å²) in [4.78, 5) is 11.7. The normalized spacial score (nSPS) is 14.1. The third-order valence-corrected chi connectivity index (χ3v) is 3.75. The third-order valence-electron chi connectivity index (χ3n) is 3.11. The van der Waals surface area contributed by atoms with Crippen LogP contribution in [0.15, 0.2) is 24.3 Å². The predicted octanol–water partition coefficient (Wildman–Crippen LogP) is 1.64. The summed E-state index contributed by atoms with van der Waals surface area (Å²) in [7, 11) is 0. The average molecular weight is 366 g/mol. The number of ether oxygens (including phenoxy) is 1. The molecule has 24 heavy (non-hydrogen) atoms. The molecule has 9 heteroatoms. The summed E-state index contributed by atoms with van der Waals surface area (Å²) < 4.78 is 42.4. The highest BCUT2D eigenvalue weighted by Gasteiger charge is 2.30. The predicted molar refractivity (Wildman–Crippen MR) is 86.9 cm³/mol. The van der Waals surface area contributed by atoms with Gasteiger partial charge in [-0.1, -0.05) is 0 Å². The van der Waals surface area contributed by atoms with E-state index in [2.05, 4.69) is 5.32 Å². The number of benzene rings is 1. The largest absolute Gasteiger partial charge is 0.491 e. The fourth-order valence-corrected chi connectivity index (χ4v) is 2.21. The Hall–Kier alpha value is -1.45. The Morgan fingerprint density at radius 3 is 2.54 bits per heavy atom. The molecule has 1 amide bonds. The van der Waals surface area contributed by atoms with Gasteiger partial charge in [-0.15, -0.1) is 0 Å². The van der Waals surface area contributed by atoms with Gasteiger partial charge in [-0.3, -0.25) is 4.79 Å². The van der Waals surface area contributed by atoms with Gasteiger partial charge in [0, 0.05) is 6.54 Å². The lowest BCUT2D eigenvalue weighted by Crippen LogP contribution is -2.44. The van der Waals surface area contributed by atoms with Crippen LogP contribution in [0.5, 0.6) is 5.75 Å². The Bertz CT molecular complexity index is 512. The van der Waals surface area contributed by atoms with E-state index in [0.29, 0.717) is 6.42 Å². The monoisotopic (exact) mass is 366 g/mol. The van der Waals surface area contributed by atoms with Crippen LogP contribution in [0.4, 0.5) is 13.2 Å². The van der Waals surface area contributed by atoms with Crippen molar-refractivity contribution < 1.29 is 27.8 Å². The van der Waals surface area contributed by atoms with E-state index in [0.717, 1.165) is 17.9 Å². The summed E-state index contributed by atoms with van der Waals surface area (Å²) in [6, 6.07) is 3.50. The molecule has 1 aromatic carbocycles. The van der Waals surface area contributed by atoms with Crippen molar-refractivity contribution in [1.29, 1.82) is 0 Å². The molecule has 0 bridgehead atoms. The zero-order chi connectivity index (χ0) is 18.2. The topological polar surface area (TPSA) is 84.6 Å². The van der Waals surface area contributed by atoms with E-state index < -0.39 is 23.9 Å². The zero-order valence-corrected chi connectivity index (χ0v) is 14.0. The van der Waals surface area contributed by atoms with Crippen molar-refractivity contribution in [2.24, 2.45) is 5.73 Å². The third kappa shape index (κ3) is 7.41. The van der Waals surface area contributed by atoms with Crippen LogP contribution in [0.1, 0.15) is 12.0 Å². The van der Waals surface area contributed by atoms with Gasteiger partial charge in [-0.25, -0.2) is 0 Å². The summed E-state index contributed by atoms with van der Waals surface area (Å²) >= 11 is 1.58. The number of halogens is 3. The Kier molecular flexibility index (Phi) is 8.37. The smallest absolute Gasteiger partial charge is 0.416 e. The molecular weight excluding hydrogens is 345 g/mol. The molecule has 0 aliphatic rings. The van der Waals surface area contributed by atoms with E-state index >= 15 is 0 Å². The van der Waals surface area contributed by atoms with E-state index in [1.54, 1.807) is 11.8 Å². The Labute approximate surface area is 142 Å². The first-order valence-electron chi connectivity index (χ1n) is 7.24. The van der Waals surface area contributed by atoms with Crippen LogP contribution in [0.3, 0.4) is 0 Å². The SMILES string of the molecule is CSCC[C@H](N)C(=O)NCC(O)COc1ccc(C(F)(F)F)cc1. The summed E-state index contributed by atoms with van der Waals surface area (Å²) in [5, 5.41) is 12.2. The molecule has 0 radical (unpaired) electrons. The van der Waals surface area contributed by atoms with E-state index in [1.807, 2.05) is 6.26 Å². The van der Waals surface area contributed by atoms with Crippen molar-refractivity contribution in [2.45, 2.75) is 24.7 Å². The van der Waals surface area contributed by atoms with Crippen molar-refractivity contribution in [2.75, 3.05) is 25.2 Å². The summed E-state index contributed by atoms with van der Waals surface area (Å²) in [6.45, 7) is -0.210. The second-order valence-corrected chi connectivity index (χ2v) is 6.11. The van der Waals surface area contributed by atoms with Crippen molar-refractivity contribution in [1.82, 2.24) is 5.32 Å². The Balaban J connectivity index is 2.33. The van der Waals surface area contributed by atoms with Crippen molar-refractivity contribution in [3.63, 3.8) is 0 Å². The summed E-state index contributed by atoms with van der Waals surface area (Å²) in [6.07, 6.45) is -2.96. The minimum Gasteiger partial charge on any atom is -0.491 e. The van der Waals surface area contributed by atoms with Crippen molar-refractivity contribution >= 4 is 17.7 Å². The fraction of sp³-hybridized carbons (Fsp3) is 0.533. The molecule has 0 saturated heterocycles. The number of hydrogen-bond donors (Lipinski definition) is 3. The minimum atomic E-state index is -4.41. The second kappa shape index (κ2) is 9.75. The summed E-state index contributed by atoms with van der Waals surface area (Å²) in [5.74, 6) is 0.594. The number of rotatable bonds is 9. The number of nitrogens with two attached hydrogens (primary N) is 1. The van der Waals surface area contributed by atoms with Gasteiger partial charge < -0.3 is 20.9 Å². The molecule has 0 heterocycles. The number of alkyl halides is 3. The van der Waals surface area contributed by atoms with Gasteiger partial charge in [0.15, 0.2) is 0 Å². The number of aliphatic hydroxyl groups excluding tert-OH is 1. The number of hydrogen-bond acceptors (Lipinski definition) is 5. The van der Waals surface area contributed by atoms with Gasteiger partial charge in [0.1, 0.15) is 18.5 Å². The van der Waals surface area contributed by atoms with Crippen LogP contribution in [0.25, 0.3) is 0 Å². The standard InChI is InChI=1S/C15H21F3N2O3S/c1-24-7-6-13(19)14(22)20-8-11(21)9-23-12-4-2-10(3-5-12)15(16,17)18/h2-5,11,13,21H,6-9,19H2,1H3,(H,20,22)/t11?,13-/m0/s1. The van der Waals surface area contributed by atoms with Crippen LogP contribution in [0.2, 0.25) is 0 Å². The molecule has 0 saturated carbocycles. The zero-order valence-electron chi connectivity index (χ0n) is 13.2. The molecule has 1 unspecified atom stereocenters. The molecule has 2 atom stereocenters. The highest BCUT2D eigenvalue weighted by Crippen LogP contribution is 2.30. The van der Waals surface area contributed by atoms with Gasteiger partial charge >= 0.3 is 6.18 Å². The van der Waals surface area contributed by atoms with E-state index in [9.17, 15) is 23.1 Å². The maximum Gasteiger partial charge on any atom is 0.416 e. The molecule has 0 aliphatic heterocycles.